The fourth-order valence-corrected chi connectivity index (χ4v) is 2.64. The number of thioether (sulfide) groups is 1. The predicted octanol–water partition coefficient (Wildman–Crippen LogP) is 3.19. The van der Waals surface area contributed by atoms with Crippen LogP contribution >= 0.6 is 11.8 Å². The lowest BCUT2D eigenvalue weighted by Crippen LogP contribution is -2.40. The zero-order valence-corrected chi connectivity index (χ0v) is 13.8. The zero-order chi connectivity index (χ0) is 15.1. The van der Waals surface area contributed by atoms with Gasteiger partial charge in [-0.2, -0.15) is 11.8 Å². The van der Waals surface area contributed by atoms with E-state index in [0.29, 0.717) is 6.61 Å². The first-order chi connectivity index (χ1) is 9.45. The number of carbonyl (C=O) groups excluding carboxylic acids is 1. The van der Waals surface area contributed by atoms with Gasteiger partial charge in [0.2, 0.25) is 5.91 Å². The van der Waals surface area contributed by atoms with Crippen molar-refractivity contribution in [3.63, 3.8) is 0 Å². The van der Waals surface area contributed by atoms with Gasteiger partial charge in [0.05, 0.1) is 6.04 Å². The molecule has 1 rings (SSSR count). The quantitative estimate of drug-likeness (QED) is 0.839. The van der Waals surface area contributed by atoms with Crippen LogP contribution in [0.3, 0.4) is 0 Å². The van der Waals surface area contributed by atoms with Gasteiger partial charge in [0.1, 0.15) is 12.4 Å². The molecule has 20 heavy (non-hydrogen) atoms. The summed E-state index contributed by atoms with van der Waals surface area (Å²) in [5.41, 5.74) is 2.25. The molecular weight excluding hydrogens is 270 g/mol. The SMILES string of the molecule is CSCC(C)C(=O)NC(C)COc1c(C)cccc1C. The fourth-order valence-electron chi connectivity index (χ4n) is 1.99. The Morgan fingerprint density at radius 1 is 1.30 bits per heavy atom. The summed E-state index contributed by atoms with van der Waals surface area (Å²) < 4.78 is 5.85. The van der Waals surface area contributed by atoms with Crippen molar-refractivity contribution >= 4 is 17.7 Å². The Kier molecular flexibility index (Phi) is 6.93. The number of aryl methyl sites for hydroxylation is 2. The molecule has 112 valence electrons. The van der Waals surface area contributed by atoms with Gasteiger partial charge < -0.3 is 10.1 Å². The van der Waals surface area contributed by atoms with E-state index >= 15 is 0 Å². The maximum atomic E-state index is 11.9. The summed E-state index contributed by atoms with van der Waals surface area (Å²) in [4.78, 5) is 11.9. The van der Waals surface area contributed by atoms with Crippen molar-refractivity contribution in [1.29, 1.82) is 0 Å². The zero-order valence-electron chi connectivity index (χ0n) is 13.0. The largest absolute Gasteiger partial charge is 0.491 e. The van der Waals surface area contributed by atoms with E-state index in [0.717, 1.165) is 22.6 Å². The maximum absolute atomic E-state index is 11.9. The van der Waals surface area contributed by atoms with Crippen LogP contribution in [0.1, 0.15) is 25.0 Å². The number of benzene rings is 1. The topological polar surface area (TPSA) is 38.3 Å². The Morgan fingerprint density at radius 2 is 1.90 bits per heavy atom. The molecule has 2 unspecified atom stereocenters. The first-order valence-corrected chi connectivity index (χ1v) is 8.33. The molecule has 0 fully saturated rings. The molecule has 0 aliphatic heterocycles. The van der Waals surface area contributed by atoms with E-state index in [1.54, 1.807) is 11.8 Å². The summed E-state index contributed by atoms with van der Waals surface area (Å²) in [5, 5.41) is 3.00. The lowest BCUT2D eigenvalue weighted by Gasteiger charge is -2.19. The lowest BCUT2D eigenvalue weighted by atomic mass is 10.1. The minimum atomic E-state index is 0.00538. The second kappa shape index (κ2) is 8.20. The minimum Gasteiger partial charge on any atom is -0.491 e. The molecule has 2 atom stereocenters. The van der Waals surface area contributed by atoms with E-state index in [9.17, 15) is 4.79 Å². The molecule has 0 saturated heterocycles. The molecule has 0 saturated carbocycles. The van der Waals surface area contributed by atoms with E-state index in [1.807, 2.05) is 52.1 Å². The molecule has 1 N–H and O–H groups in total. The van der Waals surface area contributed by atoms with Crippen LogP contribution in [0.5, 0.6) is 5.75 Å². The Bertz CT molecular complexity index is 428. The van der Waals surface area contributed by atoms with Crippen molar-refractivity contribution < 1.29 is 9.53 Å². The number of hydrogen-bond donors (Lipinski definition) is 1. The average Bonchev–Trinajstić information content (AvgIpc) is 2.38. The van der Waals surface area contributed by atoms with Crippen LogP contribution < -0.4 is 10.1 Å². The first-order valence-electron chi connectivity index (χ1n) is 6.94. The maximum Gasteiger partial charge on any atom is 0.223 e. The molecule has 1 aromatic carbocycles. The highest BCUT2D eigenvalue weighted by atomic mass is 32.2. The van der Waals surface area contributed by atoms with Crippen LogP contribution in [-0.2, 0) is 4.79 Å². The number of hydrogen-bond acceptors (Lipinski definition) is 3. The molecular formula is C16H25NO2S. The number of para-hydroxylation sites is 1. The molecule has 0 aromatic heterocycles. The molecule has 3 nitrogen and oxygen atoms in total. The van der Waals surface area contributed by atoms with E-state index in [2.05, 4.69) is 5.32 Å². The second-order valence-electron chi connectivity index (χ2n) is 5.30. The van der Waals surface area contributed by atoms with E-state index < -0.39 is 0 Å². The molecule has 0 spiro atoms. The Balaban J connectivity index is 2.47. The van der Waals surface area contributed by atoms with Gasteiger partial charge in [-0.1, -0.05) is 25.1 Å². The number of carbonyl (C=O) groups is 1. The van der Waals surface area contributed by atoms with Crippen LogP contribution in [0.2, 0.25) is 0 Å². The molecule has 1 amide bonds. The summed E-state index contributed by atoms with van der Waals surface area (Å²) in [7, 11) is 0. The van der Waals surface area contributed by atoms with Crippen molar-refractivity contribution in [3.05, 3.63) is 29.3 Å². The van der Waals surface area contributed by atoms with Crippen LogP contribution in [-0.4, -0.2) is 30.6 Å². The van der Waals surface area contributed by atoms with Gasteiger partial charge in [-0.05, 0) is 38.2 Å². The molecule has 0 aliphatic rings. The van der Waals surface area contributed by atoms with E-state index in [4.69, 9.17) is 4.74 Å². The van der Waals surface area contributed by atoms with E-state index in [1.165, 1.54) is 0 Å². The average molecular weight is 295 g/mol. The molecule has 0 aliphatic carbocycles. The van der Waals surface area contributed by atoms with Gasteiger partial charge in [-0.3, -0.25) is 4.79 Å². The predicted molar refractivity (Wildman–Crippen MR) is 86.6 cm³/mol. The third-order valence-corrected chi connectivity index (χ3v) is 3.97. The lowest BCUT2D eigenvalue weighted by molar-refractivity contribution is -0.124. The van der Waals surface area contributed by atoms with Crippen molar-refractivity contribution in [1.82, 2.24) is 5.32 Å². The highest BCUT2D eigenvalue weighted by Gasteiger charge is 2.15. The number of nitrogens with one attached hydrogen (secondary N) is 1. The summed E-state index contributed by atoms with van der Waals surface area (Å²) in [6.07, 6.45) is 2.01. The second-order valence-corrected chi connectivity index (χ2v) is 6.21. The van der Waals surface area contributed by atoms with E-state index in [-0.39, 0.29) is 17.9 Å². The number of amides is 1. The Hall–Kier alpha value is -1.16. The van der Waals surface area contributed by atoms with Gasteiger partial charge in [0, 0.05) is 11.7 Å². The Labute approximate surface area is 126 Å². The third-order valence-electron chi connectivity index (χ3n) is 3.14. The van der Waals surface area contributed by atoms with Crippen LogP contribution in [0, 0.1) is 19.8 Å². The van der Waals surface area contributed by atoms with Gasteiger partial charge in [0.15, 0.2) is 0 Å². The van der Waals surface area contributed by atoms with Crippen LogP contribution in [0.4, 0.5) is 0 Å². The molecule has 1 aromatic rings. The standard InChI is InChI=1S/C16H25NO2S/c1-11-7-6-8-12(2)15(11)19-9-14(4)17-16(18)13(3)10-20-5/h6-8,13-14H,9-10H2,1-5H3,(H,17,18). The molecule has 0 bridgehead atoms. The highest BCUT2D eigenvalue weighted by Crippen LogP contribution is 2.22. The first kappa shape index (κ1) is 16.9. The van der Waals surface area contributed by atoms with Crippen molar-refractivity contribution in [2.45, 2.75) is 33.7 Å². The molecule has 0 radical (unpaired) electrons. The van der Waals surface area contributed by atoms with Crippen LogP contribution in [0.15, 0.2) is 18.2 Å². The Morgan fingerprint density at radius 3 is 2.45 bits per heavy atom. The number of ether oxygens (including phenoxy) is 1. The smallest absolute Gasteiger partial charge is 0.223 e. The molecule has 0 heterocycles. The third kappa shape index (κ3) is 5.08. The van der Waals surface area contributed by atoms with Gasteiger partial charge in [-0.15, -0.1) is 0 Å². The monoisotopic (exact) mass is 295 g/mol. The highest BCUT2D eigenvalue weighted by molar-refractivity contribution is 7.98. The van der Waals surface area contributed by atoms with Crippen molar-refractivity contribution in [2.75, 3.05) is 18.6 Å². The van der Waals surface area contributed by atoms with Gasteiger partial charge in [0.25, 0.3) is 0 Å². The summed E-state index contributed by atoms with van der Waals surface area (Å²) in [6.45, 7) is 8.48. The van der Waals surface area contributed by atoms with Gasteiger partial charge in [-0.25, -0.2) is 0 Å². The summed E-state index contributed by atoms with van der Waals surface area (Å²) in [5.74, 6) is 1.89. The fraction of sp³-hybridized carbons (Fsp3) is 0.562. The van der Waals surface area contributed by atoms with Crippen molar-refractivity contribution in [3.8, 4) is 5.75 Å². The normalized spacial score (nSPS) is 13.7. The summed E-state index contributed by atoms with van der Waals surface area (Å²) in [6, 6.07) is 6.09. The minimum absolute atomic E-state index is 0.00538. The van der Waals surface area contributed by atoms with Crippen LogP contribution in [0.25, 0.3) is 0 Å². The van der Waals surface area contributed by atoms with Crippen molar-refractivity contribution in [2.24, 2.45) is 5.92 Å². The molecule has 4 heteroatoms. The summed E-state index contributed by atoms with van der Waals surface area (Å²) >= 11 is 1.69. The number of rotatable bonds is 7. The van der Waals surface area contributed by atoms with Gasteiger partial charge >= 0.3 is 0 Å².